The lowest BCUT2D eigenvalue weighted by Gasteiger charge is -2.35. The van der Waals surface area contributed by atoms with E-state index in [0.29, 0.717) is 41.7 Å². The quantitative estimate of drug-likeness (QED) is 0.268. The zero-order valence-corrected chi connectivity index (χ0v) is 25.4. The van der Waals surface area contributed by atoms with Gasteiger partial charge in [0.05, 0.1) is 36.1 Å². The van der Waals surface area contributed by atoms with E-state index in [1.54, 1.807) is 42.9 Å². The average Bonchev–Trinajstić information content (AvgIpc) is 3.75. The maximum atomic E-state index is 13.6. The molecule has 2 fully saturated rings. The minimum absolute atomic E-state index is 0.0632. The summed E-state index contributed by atoms with van der Waals surface area (Å²) in [5.74, 6) is 0.129. The van der Waals surface area contributed by atoms with Crippen LogP contribution in [0.5, 0.6) is 5.75 Å². The molecule has 1 N–H and O–H groups in total. The predicted molar refractivity (Wildman–Crippen MR) is 168 cm³/mol. The van der Waals surface area contributed by atoms with Crippen molar-refractivity contribution in [2.45, 2.75) is 25.5 Å². The van der Waals surface area contributed by atoms with Gasteiger partial charge < -0.3 is 15.0 Å². The van der Waals surface area contributed by atoms with E-state index in [2.05, 4.69) is 22.3 Å². The molecule has 0 unspecified atom stereocenters. The summed E-state index contributed by atoms with van der Waals surface area (Å²) in [6, 6.07) is 18.0. The van der Waals surface area contributed by atoms with E-state index < -0.39 is 10.0 Å². The third-order valence-electron chi connectivity index (χ3n) is 7.86. The molecule has 1 saturated heterocycles. The molecule has 43 heavy (non-hydrogen) atoms. The van der Waals surface area contributed by atoms with Gasteiger partial charge in [0.15, 0.2) is 0 Å². The molecule has 12 heteroatoms. The first kappa shape index (κ1) is 29.2. The fraction of sp³-hybridized carbons (Fsp3) is 0.323. The summed E-state index contributed by atoms with van der Waals surface area (Å²) in [4.78, 5) is 19.7. The van der Waals surface area contributed by atoms with Crippen molar-refractivity contribution in [3.05, 3.63) is 100 Å². The van der Waals surface area contributed by atoms with Crippen LogP contribution in [0.2, 0.25) is 5.02 Å². The van der Waals surface area contributed by atoms with Crippen LogP contribution < -0.4 is 20.5 Å². The van der Waals surface area contributed by atoms with Crippen LogP contribution in [-0.2, 0) is 15.8 Å². The van der Waals surface area contributed by atoms with Crippen molar-refractivity contribution in [1.82, 2.24) is 19.1 Å². The number of piperazine rings is 1. The SMILES string of the molecule is CC1(COc2c(N3CCN(S(=O)(=O)Cc4ccc(Nc5cccnc5)cc4)CC3)cnn(-c3cccc(Cl)c3)c2=O)CC1. The van der Waals surface area contributed by atoms with Gasteiger partial charge in [-0.05, 0) is 60.9 Å². The summed E-state index contributed by atoms with van der Waals surface area (Å²) in [7, 11) is -3.55. The van der Waals surface area contributed by atoms with Crippen LogP contribution in [0.4, 0.5) is 17.1 Å². The highest BCUT2D eigenvalue weighted by Crippen LogP contribution is 2.45. The Balaban J connectivity index is 1.14. The van der Waals surface area contributed by atoms with Crippen molar-refractivity contribution in [3.63, 3.8) is 0 Å². The zero-order chi connectivity index (χ0) is 30.0. The maximum absolute atomic E-state index is 13.6. The molecule has 0 amide bonds. The molecular weight excluding hydrogens is 588 g/mol. The number of sulfonamides is 1. The van der Waals surface area contributed by atoms with Crippen molar-refractivity contribution in [3.8, 4) is 11.4 Å². The molecule has 1 aliphatic heterocycles. The monoisotopic (exact) mass is 620 g/mol. The number of aromatic nitrogens is 3. The second kappa shape index (κ2) is 12.0. The summed E-state index contributed by atoms with van der Waals surface area (Å²) in [5.41, 5.74) is 3.21. The molecule has 1 aliphatic carbocycles. The van der Waals surface area contributed by atoms with Crippen LogP contribution in [0.15, 0.2) is 84.0 Å². The molecule has 4 aromatic rings. The molecule has 224 valence electrons. The molecule has 1 saturated carbocycles. The number of nitrogens with zero attached hydrogens (tertiary/aromatic N) is 5. The van der Waals surface area contributed by atoms with Gasteiger partial charge in [-0.1, -0.05) is 36.7 Å². The van der Waals surface area contributed by atoms with Crippen molar-refractivity contribution in [2.24, 2.45) is 5.41 Å². The Morgan fingerprint density at radius 3 is 2.42 bits per heavy atom. The number of nitrogens with one attached hydrogen (secondary N) is 1. The number of hydrogen-bond donors (Lipinski definition) is 1. The maximum Gasteiger partial charge on any atom is 0.316 e. The third-order valence-corrected chi connectivity index (χ3v) is 9.95. The molecule has 0 radical (unpaired) electrons. The Morgan fingerprint density at radius 2 is 1.74 bits per heavy atom. The van der Waals surface area contributed by atoms with Crippen molar-refractivity contribution in [2.75, 3.05) is 43.0 Å². The molecule has 6 rings (SSSR count). The van der Waals surface area contributed by atoms with Gasteiger partial charge in [0.2, 0.25) is 15.8 Å². The highest BCUT2D eigenvalue weighted by molar-refractivity contribution is 7.88. The van der Waals surface area contributed by atoms with Crippen molar-refractivity contribution in [1.29, 1.82) is 0 Å². The average molecular weight is 621 g/mol. The first-order valence-electron chi connectivity index (χ1n) is 14.2. The van der Waals surface area contributed by atoms with E-state index >= 15 is 0 Å². The Bertz CT molecular complexity index is 1750. The second-order valence-corrected chi connectivity index (χ2v) is 13.8. The molecule has 2 aromatic carbocycles. The van der Waals surface area contributed by atoms with Crippen LogP contribution in [0.25, 0.3) is 5.69 Å². The van der Waals surface area contributed by atoms with Gasteiger partial charge in [-0.15, -0.1) is 0 Å². The van der Waals surface area contributed by atoms with Crippen LogP contribution in [0, 0.1) is 5.41 Å². The van der Waals surface area contributed by atoms with Crippen LogP contribution >= 0.6 is 11.6 Å². The summed E-state index contributed by atoms with van der Waals surface area (Å²) >= 11 is 6.17. The Kier molecular flexibility index (Phi) is 8.13. The second-order valence-electron chi connectivity index (χ2n) is 11.4. The topological polar surface area (TPSA) is 110 Å². The van der Waals surface area contributed by atoms with E-state index in [9.17, 15) is 13.2 Å². The first-order valence-corrected chi connectivity index (χ1v) is 16.2. The molecule has 0 bridgehead atoms. The van der Waals surface area contributed by atoms with Gasteiger partial charge in [-0.3, -0.25) is 9.78 Å². The smallest absolute Gasteiger partial charge is 0.316 e. The largest absolute Gasteiger partial charge is 0.486 e. The summed E-state index contributed by atoms with van der Waals surface area (Å²) < 4.78 is 35.6. The highest BCUT2D eigenvalue weighted by Gasteiger charge is 2.39. The van der Waals surface area contributed by atoms with Gasteiger partial charge in [-0.2, -0.15) is 14.1 Å². The van der Waals surface area contributed by atoms with E-state index in [1.807, 2.05) is 41.3 Å². The molecule has 2 aromatic heterocycles. The molecular formula is C31H33ClN6O4S. The van der Waals surface area contributed by atoms with E-state index in [-0.39, 0.29) is 35.6 Å². The lowest BCUT2D eigenvalue weighted by molar-refractivity contribution is 0.242. The van der Waals surface area contributed by atoms with Gasteiger partial charge in [0.1, 0.15) is 5.69 Å². The highest BCUT2D eigenvalue weighted by atomic mass is 35.5. The van der Waals surface area contributed by atoms with Crippen LogP contribution in [-0.4, -0.2) is 60.3 Å². The fourth-order valence-corrected chi connectivity index (χ4v) is 6.68. The van der Waals surface area contributed by atoms with E-state index in [1.165, 1.54) is 8.99 Å². The minimum Gasteiger partial charge on any atom is -0.486 e. The van der Waals surface area contributed by atoms with E-state index in [0.717, 1.165) is 24.2 Å². The number of hydrogen-bond acceptors (Lipinski definition) is 8. The van der Waals surface area contributed by atoms with Gasteiger partial charge in [0.25, 0.3) is 0 Å². The van der Waals surface area contributed by atoms with Gasteiger partial charge in [-0.25, -0.2) is 8.42 Å². The van der Waals surface area contributed by atoms with Gasteiger partial charge >= 0.3 is 5.56 Å². The number of anilines is 3. The van der Waals surface area contributed by atoms with E-state index in [4.69, 9.17) is 16.3 Å². The van der Waals surface area contributed by atoms with Gasteiger partial charge in [0, 0.05) is 48.5 Å². The van der Waals surface area contributed by atoms with Crippen LogP contribution in [0.1, 0.15) is 25.3 Å². The Hall–Kier alpha value is -3.93. The first-order chi connectivity index (χ1) is 20.7. The predicted octanol–water partition coefficient (Wildman–Crippen LogP) is 4.86. The lowest BCUT2D eigenvalue weighted by atomic mass is 10.2. The fourth-order valence-electron chi connectivity index (χ4n) is 4.98. The number of halogens is 1. The molecule has 3 heterocycles. The van der Waals surface area contributed by atoms with Crippen molar-refractivity contribution >= 4 is 38.7 Å². The normalized spacial score (nSPS) is 16.6. The summed E-state index contributed by atoms with van der Waals surface area (Å²) in [5, 5.41) is 8.17. The number of pyridine rings is 1. The number of ether oxygens (including phenoxy) is 1. The standard InChI is InChI=1S/C31H33ClN6O4S/c1-31(11-12-31)22-42-29-28(20-34-38(30(29)39)27-6-2-4-24(32)18-27)36-14-16-37(17-15-36)43(40,41)21-23-7-9-25(10-8-23)35-26-5-3-13-33-19-26/h2-10,13,18-20,35H,11-12,14-17,21-22H2,1H3. The van der Waals surface area contributed by atoms with Crippen LogP contribution in [0.3, 0.4) is 0 Å². The Labute approximate surface area is 255 Å². The summed E-state index contributed by atoms with van der Waals surface area (Å²) in [6.45, 7) is 3.96. The third kappa shape index (κ3) is 6.84. The molecule has 0 atom stereocenters. The minimum atomic E-state index is -3.55. The number of benzene rings is 2. The molecule has 10 nitrogen and oxygen atoms in total. The lowest BCUT2D eigenvalue weighted by Crippen LogP contribution is -2.49. The molecule has 0 spiro atoms. The Morgan fingerprint density at radius 1 is 0.977 bits per heavy atom. The summed E-state index contributed by atoms with van der Waals surface area (Å²) in [6.07, 6.45) is 7.15. The van der Waals surface area contributed by atoms with Crippen molar-refractivity contribution < 1.29 is 13.2 Å². The molecule has 2 aliphatic rings. The zero-order valence-electron chi connectivity index (χ0n) is 23.8. The number of rotatable bonds is 10.